The second-order valence-electron chi connectivity index (χ2n) is 6.48. The molecule has 1 aromatic rings. The lowest BCUT2D eigenvalue weighted by Crippen LogP contribution is -2.44. The van der Waals surface area contributed by atoms with Crippen LogP contribution in [0.25, 0.3) is 0 Å². The smallest absolute Gasteiger partial charge is 0.238 e. The summed E-state index contributed by atoms with van der Waals surface area (Å²) in [6, 6.07) is 8.15. The summed E-state index contributed by atoms with van der Waals surface area (Å²) < 4.78 is 0. The highest BCUT2D eigenvalue weighted by Crippen LogP contribution is 2.26. The third-order valence-corrected chi connectivity index (χ3v) is 4.33. The lowest BCUT2D eigenvalue weighted by molar-refractivity contribution is -0.133. The maximum atomic E-state index is 12.5. The zero-order valence-corrected chi connectivity index (χ0v) is 15.0. The summed E-state index contributed by atoms with van der Waals surface area (Å²) >= 11 is 0. The molecule has 1 aliphatic rings. The van der Waals surface area contributed by atoms with E-state index in [9.17, 15) is 9.59 Å². The Kier molecular flexibility index (Phi) is 6.79. The molecule has 0 spiro atoms. The second-order valence-corrected chi connectivity index (χ2v) is 6.48. The Hall–Kier alpha value is -1.88. The summed E-state index contributed by atoms with van der Waals surface area (Å²) in [6.07, 6.45) is 3.14. The SMILES string of the molecule is CCCN(CC(=O)Nc1ccccc1C)CC(=O)N(CC)C1CC1. The largest absolute Gasteiger partial charge is 0.339 e. The first-order valence-electron chi connectivity index (χ1n) is 8.92. The van der Waals surface area contributed by atoms with Crippen molar-refractivity contribution in [1.82, 2.24) is 9.80 Å². The highest BCUT2D eigenvalue weighted by Gasteiger charge is 2.31. The quantitative estimate of drug-likeness (QED) is 0.757. The van der Waals surface area contributed by atoms with E-state index in [2.05, 4.69) is 12.2 Å². The zero-order chi connectivity index (χ0) is 17.5. The molecular weight excluding hydrogens is 302 g/mol. The van der Waals surface area contributed by atoms with Crippen LogP contribution in [0.5, 0.6) is 0 Å². The van der Waals surface area contributed by atoms with Crippen LogP contribution in [0.15, 0.2) is 24.3 Å². The number of amides is 2. The van der Waals surface area contributed by atoms with Gasteiger partial charge in [0, 0.05) is 18.3 Å². The van der Waals surface area contributed by atoms with E-state index in [1.54, 1.807) is 0 Å². The molecule has 2 amide bonds. The number of likely N-dealkylation sites (N-methyl/N-ethyl adjacent to an activating group) is 1. The second kappa shape index (κ2) is 8.83. The van der Waals surface area contributed by atoms with Crippen LogP contribution in [0, 0.1) is 6.92 Å². The summed E-state index contributed by atoms with van der Waals surface area (Å²) in [7, 11) is 0. The van der Waals surface area contributed by atoms with E-state index in [1.165, 1.54) is 0 Å². The van der Waals surface area contributed by atoms with Crippen molar-refractivity contribution in [3.63, 3.8) is 0 Å². The highest BCUT2D eigenvalue weighted by molar-refractivity contribution is 5.93. The van der Waals surface area contributed by atoms with Gasteiger partial charge in [0.15, 0.2) is 0 Å². The average molecular weight is 331 g/mol. The molecule has 1 N–H and O–H groups in total. The maximum Gasteiger partial charge on any atom is 0.238 e. The summed E-state index contributed by atoms with van der Waals surface area (Å²) in [4.78, 5) is 28.7. The van der Waals surface area contributed by atoms with Gasteiger partial charge < -0.3 is 10.2 Å². The summed E-state index contributed by atoms with van der Waals surface area (Å²) in [5.74, 6) is 0.0668. The van der Waals surface area contributed by atoms with E-state index in [0.717, 1.165) is 43.6 Å². The third-order valence-electron chi connectivity index (χ3n) is 4.33. The lowest BCUT2D eigenvalue weighted by Gasteiger charge is -2.26. The number of nitrogens with zero attached hydrogens (tertiary/aromatic N) is 2. The van der Waals surface area contributed by atoms with Crippen LogP contribution in [0.2, 0.25) is 0 Å². The van der Waals surface area contributed by atoms with Gasteiger partial charge in [0.1, 0.15) is 0 Å². The number of hydrogen-bond donors (Lipinski definition) is 1. The van der Waals surface area contributed by atoms with Crippen molar-refractivity contribution in [2.75, 3.05) is 31.5 Å². The van der Waals surface area contributed by atoms with Crippen LogP contribution < -0.4 is 5.32 Å². The zero-order valence-electron chi connectivity index (χ0n) is 15.0. The van der Waals surface area contributed by atoms with Gasteiger partial charge in [0.2, 0.25) is 11.8 Å². The minimum Gasteiger partial charge on any atom is -0.339 e. The van der Waals surface area contributed by atoms with Crippen molar-refractivity contribution < 1.29 is 9.59 Å². The number of hydrogen-bond acceptors (Lipinski definition) is 3. The molecule has 0 radical (unpaired) electrons. The molecule has 0 heterocycles. The number of carbonyl (C=O) groups is 2. The average Bonchev–Trinajstić information content (AvgIpc) is 3.35. The fourth-order valence-electron chi connectivity index (χ4n) is 2.94. The van der Waals surface area contributed by atoms with Gasteiger partial charge >= 0.3 is 0 Å². The first kappa shape index (κ1) is 18.5. The first-order chi connectivity index (χ1) is 11.5. The van der Waals surface area contributed by atoms with Crippen molar-refractivity contribution in [2.24, 2.45) is 0 Å². The predicted octanol–water partition coefficient (Wildman–Crippen LogP) is 2.66. The van der Waals surface area contributed by atoms with Crippen LogP contribution in [-0.2, 0) is 9.59 Å². The third kappa shape index (κ3) is 5.34. The standard InChI is InChI=1S/C19H29N3O2/c1-4-12-21(14-19(24)22(5-2)16-10-11-16)13-18(23)20-17-9-7-6-8-15(17)3/h6-9,16H,4-5,10-14H2,1-3H3,(H,20,23). The molecule has 0 unspecified atom stereocenters. The molecule has 1 aliphatic carbocycles. The van der Waals surface area contributed by atoms with Gasteiger partial charge in [-0.3, -0.25) is 14.5 Å². The van der Waals surface area contributed by atoms with Gasteiger partial charge in [-0.05, 0) is 51.3 Å². The Morgan fingerprint density at radius 3 is 2.46 bits per heavy atom. The number of carbonyl (C=O) groups excluding carboxylic acids is 2. The van der Waals surface area contributed by atoms with E-state index in [1.807, 2.05) is 47.9 Å². The van der Waals surface area contributed by atoms with E-state index >= 15 is 0 Å². The maximum absolute atomic E-state index is 12.5. The van der Waals surface area contributed by atoms with Crippen LogP contribution in [0.3, 0.4) is 0 Å². The number of benzene rings is 1. The molecule has 0 aromatic heterocycles. The molecule has 0 aliphatic heterocycles. The number of anilines is 1. The summed E-state index contributed by atoms with van der Waals surface area (Å²) in [6.45, 7) is 8.11. The Bertz CT molecular complexity index is 569. The van der Waals surface area contributed by atoms with E-state index in [4.69, 9.17) is 0 Å². The number of rotatable bonds is 9. The fraction of sp³-hybridized carbons (Fsp3) is 0.579. The summed E-state index contributed by atoms with van der Waals surface area (Å²) in [5.41, 5.74) is 1.87. The van der Waals surface area contributed by atoms with Gasteiger partial charge in [-0.1, -0.05) is 25.1 Å². The van der Waals surface area contributed by atoms with Gasteiger partial charge in [-0.15, -0.1) is 0 Å². The monoisotopic (exact) mass is 331 g/mol. The van der Waals surface area contributed by atoms with Gasteiger partial charge in [-0.25, -0.2) is 0 Å². The van der Waals surface area contributed by atoms with Crippen molar-refractivity contribution in [3.05, 3.63) is 29.8 Å². The molecule has 0 saturated heterocycles. The molecule has 0 atom stereocenters. The van der Waals surface area contributed by atoms with E-state index in [0.29, 0.717) is 12.6 Å². The molecule has 1 aromatic carbocycles. The Balaban J connectivity index is 1.91. The van der Waals surface area contributed by atoms with Crippen molar-refractivity contribution in [1.29, 1.82) is 0 Å². The fourth-order valence-corrected chi connectivity index (χ4v) is 2.94. The van der Waals surface area contributed by atoms with Crippen LogP contribution in [-0.4, -0.2) is 53.8 Å². The molecule has 2 rings (SSSR count). The molecule has 5 nitrogen and oxygen atoms in total. The number of para-hydroxylation sites is 1. The van der Waals surface area contributed by atoms with Gasteiger partial charge in [-0.2, -0.15) is 0 Å². The van der Waals surface area contributed by atoms with Crippen LogP contribution in [0.4, 0.5) is 5.69 Å². The highest BCUT2D eigenvalue weighted by atomic mass is 16.2. The molecule has 5 heteroatoms. The van der Waals surface area contributed by atoms with Gasteiger partial charge in [0.25, 0.3) is 0 Å². The normalized spacial score (nSPS) is 13.8. The Morgan fingerprint density at radius 1 is 1.17 bits per heavy atom. The molecule has 1 saturated carbocycles. The topological polar surface area (TPSA) is 52.7 Å². The predicted molar refractivity (Wildman–Crippen MR) is 96.9 cm³/mol. The van der Waals surface area contributed by atoms with Crippen molar-refractivity contribution in [2.45, 2.75) is 46.1 Å². The minimum atomic E-state index is -0.0694. The Labute approximate surface area is 145 Å². The molecule has 132 valence electrons. The van der Waals surface area contributed by atoms with Crippen molar-refractivity contribution >= 4 is 17.5 Å². The van der Waals surface area contributed by atoms with Crippen LogP contribution >= 0.6 is 0 Å². The summed E-state index contributed by atoms with van der Waals surface area (Å²) in [5, 5.41) is 2.95. The van der Waals surface area contributed by atoms with Crippen LogP contribution in [0.1, 0.15) is 38.7 Å². The lowest BCUT2D eigenvalue weighted by atomic mass is 10.2. The molecular formula is C19H29N3O2. The number of aryl methyl sites for hydroxylation is 1. The molecule has 1 fully saturated rings. The van der Waals surface area contributed by atoms with Crippen molar-refractivity contribution in [3.8, 4) is 0 Å². The van der Waals surface area contributed by atoms with E-state index in [-0.39, 0.29) is 18.4 Å². The Morgan fingerprint density at radius 2 is 1.88 bits per heavy atom. The molecule has 0 bridgehead atoms. The number of nitrogens with one attached hydrogen (secondary N) is 1. The molecule has 24 heavy (non-hydrogen) atoms. The first-order valence-corrected chi connectivity index (χ1v) is 8.92. The van der Waals surface area contributed by atoms with E-state index < -0.39 is 0 Å². The minimum absolute atomic E-state index is 0.0694. The van der Waals surface area contributed by atoms with Gasteiger partial charge in [0.05, 0.1) is 13.1 Å².